The third-order valence-corrected chi connectivity index (χ3v) is 15.0. The van der Waals surface area contributed by atoms with Gasteiger partial charge in [-0.05, 0) is 68.4 Å². The molecule has 288 valence electrons. The molecule has 0 aliphatic carbocycles. The van der Waals surface area contributed by atoms with Crippen molar-refractivity contribution in [1.29, 1.82) is 0 Å². The lowest BCUT2D eigenvalue weighted by Crippen LogP contribution is -1.97. The minimum Gasteiger partial charge on any atom is -0.252 e. The first-order chi connectivity index (χ1) is 30.7. The Balaban J connectivity index is 1.12. The van der Waals surface area contributed by atoms with Crippen molar-refractivity contribution in [3.63, 3.8) is 0 Å². The Morgan fingerprint density at radius 1 is 0.306 bits per heavy atom. The second kappa shape index (κ2) is 14.0. The zero-order valence-electron chi connectivity index (χ0n) is 33.3. The van der Waals surface area contributed by atoms with E-state index in [0.29, 0.717) is 0 Å². The van der Waals surface area contributed by atoms with E-state index in [1.54, 1.807) is 0 Å². The van der Waals surface area contributed by atoms with Gasteiger partial charge in [0.15, 0.2) is 0 Å². The molecule has 4 heteroatoms. The topological polar surface area (TPSA) is 25.8 Å². The Hall–Kier alpha value is -7.50. The van der Waals surface area contributed by atoms with E-state index in [0.717, 1.165) is 49.6 Å². The summed E-state index contributed by atoms with van der Waals surface area (Å²) in [6, 6.07) is 72.8. The van der Waals surface area contributed by atoms with Crippen molar-refractivity contribution in [1.82, 2.24) is 9.97 Å². The zero-order chi connectivity index (χ0) is 40.7. The molecule has 13 rings (SSSR count). The predicted octanol–water partition coefficient (Wildman–Crippen LogP) is 17.0. The third-order valence-electron chi connectivity index (χ3n) is 12.5. The average molecular weight is 823 g/mol. The van der Waals surface area contributed by atoms with Crippen molar-refractivity contribution < 1.29 is 0 Å². The fourth-order valence-corrected chi connectivity index (χ4v) is 12.1. The van der Waals surface area contributed by atoms with Gasteiger partial charge in [0, 0.05) is 67.8 Å². The number of hydrogen-bond acceptors (Lipinski definition) is 4. The molecule has 0 radical (unpaired) electrons. The molecular weight excluding hydrogens is 789 g/mol. The van der Waals surface area contributed by atoms with Gasteiger partial charge in [0.25, 0.3) is 0 Å². The number of nitrogens with zero attached hydrogens (tertiary/aromatic N) is 2. The fraction of sp³-hybridized carbons (Fsp3) is 0. The summed E-state index contributed by atoms with van der Waals surface area (Å²) in [7, 11) is 0. The zero-order valence-corrected chi connectivity index (χ0v) is 35.0. The standard InChI is InChI=1S/C58H34N2S2/c1-3-14-35(15-4-1)37-28-30-43-49(32-37)50-33-38(36-16-5-2-6-17-36)29-31-44(50)56-55(43)59-34-51(60-56)54-41(47-24-12-22-45-39-18-7-9-26-52(39)61-57(45)47)20-11-21-42(54)48-25-13-23-46-40-19-8-10-27-53(40)62-58(46)48/h1-34H. The molecule has 0 atom stereocenters. The first-order valence-corrected chi connectivity index (χ1v) is 22.6. The van der Waals surface area contributed by atoms with Gasteiger partial charge in [-0.15, -0.1) is 22.7 Å². The maximum absolute atomic E-state index is 5.77. The summed E-state index contributed by atoms with van der Waals surface area (Å²) in [6.45, 7) is 0. The quantitative estimate of drug-likeness (QED) is 0.162. The largest absolute Gasteiger partial charge is 0.252 e. The van der Waals surface area contributed by atoms with Crippen LogP contribution in [0.3, 0.4) is 0 Å². The Bertz CT molecular complexity index is 3790. The fourth-order valence-electron chi connectivity index (χ4n) is 9.66. The molecule has 13 aromatic rings. The van der Waals surface area contributed by atoms with Gasteiger partial charge in [-0.25, -0.2) is 4.98 Å². The number of aromatic nitrogens is 2. The van der Waals surface area contributed by atoms with Crippen LogP contribution in [0.5, 0.6) is 0 Å². The van der Waals surface area contributed by atoms with E-state index in [9.17, 15) is 0 Å². The van der Waals surface area contributed by atoms with Gasteiger partial charge in [0.1, 0.15) is 0 Å². The normalized spacial score (nSPS) is 11.9. The molecule has 62 heavy (non-hydrogen) atoms. The summed E-state index contributed by atoms with van der Waals surface area (Å²) in [5, 5.41) is 9.64. The van der Waals surface area contributed by atoms with Crippen LogP contribution in [-0.4, -0.2) is 9.97 Å². The van der Waals surface area contributed by atoms with Crippen LogP contribution in [0, 0.1) is 0 Å². The maximum atomic E-state index is 5.77. The van der Waals surface area contributed by atoms with Crippen molar-refractivity contribution in [2.24, 2.45) is 0 Å². The highest BCUT2D eigenvalue weighted by molar-refractivity contribution is 7.26. The van der Waals surface area contributed by atoms with Gasteiger partial charge in [0.05, 0.1) is 22.9 Å². The van der Waals surface area contributed by atoms with Crippen molar-refractivity contribution in [3.8, 4) is 55.8 Å². The van der Waals surface area contributed by atoms with Crippen LogP contribution in [0.15, 0.2) is 206 Å². The molecule has 0 fully saturated rings. The molecule has 2 nitrogen and oxygen atoms in total. The van der Waals surface area contributed by atoms with Gasteiger partial charge in [-0.2, -0.15) is 0 Å². The first-order valence-electron chi connectivity index (χ1n) is 21.0. The minimum atomic E-state index is 0.855. The van der Waals surface area contributed by atoms with Crippen molar-refractivity contribution in [3.05, 3.63) is 206 Å². The van der Waals surface area contributed by atoms with Crippen LogP contribution in [0.25, 0.3) is 129 Å². The summed E-state index contributed by atoms with van der Waals surface area (Å²) >= 11 is 3.73. The van der Waals surface area contributed by atoms with Crippen LogP contribution in [0.2, 0.25) is 0 Å². The Morgan fingerprint density at radius 3 is 1.31 bits per heavy atom. The highest BCUT2D eigenvalue weighted by atomic mass is 32.1. The molecule has 0 unspecified atom stereocenters. The summed E-state index contributed by atoms with van der Waals surface area (Å²) in [6.07, 6.45) is 2.02. The van der Waals surface area contributed by atoms with Crippen molar-refractivity contribution in [2.45, 2.75) is 0 Å². The summed E-state index contributed by atoms with van der Waals surface area (Å²) in [5.74, 6) is 0. The van der Waals surface area contributed by atoms with Crippen LogP contribution in [0.4, 0.5) is 0 Å². The number of thiophene rings is 2. The molecule has 3 aromatic heterocycles. The Labute approximate surface area is 365 Å². The van der Waals surface area contributed by atoms with Crippen molar-refractivity contribution >= 4 is 95.6 Å². The maximum Gasteiger partial charge on any atom is 0.0979 e. The molecular formula is C58H34N2S2. The molecule has 0 aliphatic rings. The second-order valence-electron chi connectivity index (χ2n) is 16.0. The van der Waals surface area contributed by atoms with Crippen LogP contribution in [0.1, 0.15) is 0 Å². The van der Waals surface area contributed by atoms with Crippen LogP contribution in [-0.2, 0) is 0 Å². The number of fused-ring (bicyclic) bond motifs is 12. The molecule has 0 N–H and O–H groups in total. The SMILES string of the molecule is c1ccc(-c2ccc3c(c2)c2cc(-c4ccccc4)ccc2c2nc(-c4c(-c5cccc6c5sc5ccccc56)cccc4-c4cccc5c4sc4ccccc45)cnc32)cc1. The van der Waals surface area contributed by atoms with E-state index < -0.39 is 0 Å². The Kier molecular flexibility index (Phi) is 7.99. The summed E-state index contributed by atoms with van der Waals surface area (Å²) in [5.41, 5.74) is 13.2. The van der Waals surface area contributed by atoms with E-state index in [1.807, 2.05) is 28.9 Å². The lowest BCUT2D eigenvalue weighted by Gasteiger charge is -2.18. The van der Waals surface area contributed by atoms with E-state index in [1.165, 1.54) is 79.1 Å². The molecule has 0 spiro atoms. The molecule has 0 aliphatic heterocycles. The van der Waals surface area contributed by atoms with Gasteiger partial charge in [-0.3, -0.25) is 4.98 Å². The molecule has 3 heterocycles. The van der Waals surface area contributed by atoms with Gasteiger partial charge in [0.2, 0.25) is 0 Å². The van der Waals surface area contributed by atoms with Crippen LogP contribution >= 0.6 is 22.7 Å². The van der Waals surface area contributed by atoms with Crippen LogP contribution < -0.4 is 0 Å². The smallest absolute Gasteiger partial charge is 0.0979 e. The predicted molar refractivity (Wildman–Crippen MR) is 268 cm³/mol. The number of rotatable bonds is 5. The van der Waals surface area contributed by atoms with E-state index in [4.69, 9.17) is 9.97 Å². The molecule has 0 saturated heterocycles. The number of hydrogen-bond donors (Lipinski definition) is 0. The first kappa shape index (κ1) is 35.3. The van der Waals surface area contributed by atoms with E-state index in [-0.39, 0.29) is 0 Å². The van der Waals surface area contributed by atoms with Gasteiger partial charge >= 0.3 is 0 Å². The second-order valence-corrected chi connectivity index (χ2v) is 18.1. The molecule has 0 bridgehead atoms. The highest BCUT2D eigenvalue weighted by Gasteiger charge is 2.23. The molecule has 0 amide bonds. The third kappa shape index (κ3) is 5.47. The summed E-state index contributed by atoms with van der Waals surface area (Å²) in [4.78, 5) is 11.2. The summed E-state index contributed by atoms with van der Waals surface area (Å²) < 4.78 is 5.13. The average Bonchev–Trinajstić information content (AvgIpc) is 3.93. The number of benzene rings is 10. The lowest BCUT2D eigenvalue weighted by atomic mass is 9.88. The Morgan fingerprint density at radius 2 is 0.758 bits per heavy atom. The highest BCUT2D eigenvalue weighted by Crippen LogP contribution is 2.49. The molecule has 10 aromatic carbocycles. The van der Waals surface area contributed by atoms with Gasteiger partial charge < -0.3 is 0 Å². The monoisotopic (exact) mass is 822 g/mol. The molecule has 0 saturated carbocycles. The van der Waals surface area contributed by atoms with E-state index >= 15 is 0 Å². The van der Waals surface area contributed by atoms with Crippen molar-refractivity contribution in [2.75, 3.05) is 0 Å². The van der Waals surface area contributed by atoms with Gasteiger partial charge in [-0.1, -0.05) is 176 Å². The lowest BCUT2D eigenvalue weighted by molar-refractivity contribution is 1.31. The van der Waals surface area contributed by atoms with E-state index in [2.05, 4.69) is 200 Å². The minimum absolute atomic E-state index is 0.855.